The van der Waals surface area contributed by atoms with Crippen molar-refractivity contribution < 1.29 is 23.5 Å². The number of rotatable bonds is 4. The van der Waals surface area contributed by atoms with Gasteiger partial charge >= 0.3 is 6.09 Å². The highest BCUT2D eigenvalue weighted by atomic mass is 19.1. The van der Waals surface area contributed by atoms with E-state index in [0.29, 0.717) is 48.7 Å². The van der Waals surface area contributed by atoms with Crippen molar-refractivity contribution in [1.29, 1.82) is 0 Å². The Hall–Kier alpha value is -4.08. The molecule has 39 heavy (non-hydrogen) atoms. The average Bonchev–Trinajstić information content (AvgIpc) is 2.87. The van der Waals surface area contributed by atoms with Crippen LogP contribution in [0.2, 0.25) is 0 Å². The van der Waals surface area contributed by atoms with Crippen LogP contribution in [0.4, 0.5) is 20.7 Å². The highest BCUT2D eigenvalue weighted by Crippen LogP contribution is 2.24. The van der Waals surface area contributed by atoms with Gasteiger partial charge in [-0.1, -0.05) is 20.8 Å². The molecule has 1 fully saturated rings. The Morgan fingerprint density at radius 3 is 2.26 bits per heavy atom. The van der Waals surface area contributed by atoms with Crippen molar-refractivity contribution in [3.05, 3.63) is 59.5 Å². The molecule has 9 nitrogen and oxygen atoms in total. The van der Waals surface area contributed by atoms with Gasteiger partial charge in [-0.2, -0.15) is 0 Å². The first-order valence-electron chi connectivity index (χ1n) is 12.9. The van der Waals surface area contributed by atoms with Crippen molar-refractivity contribution in [1.82, 2.24) is 14.9 Å². The number of benzene rings is 2. The first kappa shape index (κ1) is 27.9. The van der Waals surface area contributed by atoms with Crippen LogP contribution in [0, 0.1) is 11.2 Å². The number of hydrogen-bond acceptors (Lipinski definition) is 7. The minimum atomic E-state index is -0.684. The first-order valence-corrected chi connectivity index (χ1v) is 12.9. The molecule has 2 amide bonds. The van der Waals surface area contributed by atoms with Gasteiger partial charge in [-0.25, -0.2) is 14.2 Å². The summed E-state index contributed by atoms with van der Waals surface area (Å²) in [6, 6.07) is 8.78. The number of hydrogen-bond donors (Lipinski definition) is 1. The number of anilines is 2. The van der Waals surface area contributed by atoms with Gasteiger partial charge in [0, 0.05) is 42.8 Å². The molecule has 0 unspecified atom stereocenters. The van der Waals surface area contributed by atoms with Gasteiger partial charge in [-0.3, -0.25) is 14.6 Å². The summed E-state index contributed by atoms with van der Waals surface area (Å²) in [5.74, 6) is -0.835. The second-order valence-corrected chi connectivity index (χ2v) is 11.6. The zero-order valence-electron chi connectivity index (χ0n) is 23.2. The Balaban J connectivity index is 1.52. The molecule has 3 aromatic rings. The highest BCUT2D eigenvalue weighted by Gasteiger charge is 2.27. The molecule has 206 valence electrons. The van der Waals surface area contributed by atoms with Gasteiger partial charge in [0.25, 0.3) is 0 Å². The molecule has 0 spiro atoms. The van der Waals surface area contributed by atoms with Gasteiger partial charge in [0.1, 0.15) is 17.2 Å². The van der Waals surface area contributed by atoms with E-state index >= 15 is 0 Å². The molecule has 1 aliphatic heterocycles. The highest BCUT2D eigenvalue weighted by molar-refractivity contribution is 6.11. The van der Waals surface area contributed by atoms with Gasteiger partial charge < -0.3 is 19.9 Å². The van der Waals surface area contributed by atoms with Crippen LogP contribution in [0.1, 0.15) is 57.5 Å². The normalized spacial score (nSPS) is 14.3. The van der Waals surface area contributed by atoms with Crippen LogP contribution >= 0.6 is 0 Å². The number of halogens is 1. The van der Waals surface area contributed by atoms with Crippen LogP contribution in [-0.4, -0.2) is 64.4 Å². The third-order valence-electron chi connectivity index (χ3n) is 6.20. The van der Waals surface area contributed by atoms with E-state index in [1.165, 1.54) is 18.2 Å². The minimum Gasteiger partial charge on any atom is -0.444 e. The van der Waals surface area contributed by atoms with Crippen molar-refractivity contribution >= 4 is 40.3 Å². The SMILES string of the molecule is CC(C)(C)OC(=O)N1CCN(c2cnc3ccc(C(=O)c4cc(NC(=O)C(C)(C)C)ccc4F)cc3n2)CC1. The maximum absolute atomic E-state index is 14.7. The summed E-state index contributed by atoms with van der Waals surface area (Å²) in [5.41, 5.74) is 0.325. The number of aromatic nitrogens is 2. The largest absolute Gasteiger partial charge is 0.444 e. The van der Waals surface area contributed by atoms with Gasteiger partial charge in [-0.15, -0.1) is 0 Å². The van der Waals surface area contributed by atoms with Crippen molar-refractivity contribution in [2.24, 2.45) is 5.41 Å². The Kier molecular flexibility index (Phi) is 7.59. The summed E-state index contributed by atoms with van der Waals surface area (Å²) in [7, 11) is 0. The van der Waals surface area contributed by atoms with Crippen molar-refractivity contribution in [2.75, 3.05) is 36.4 Å². The summed E-state index contributed by atoms with van der Waals surface area (Å²) in [6.45, 7) is 12.9. The Labute approximate surface area is 227 Å². The van der Waals surface area contributed by atoms with E-state index in [2.05, 4.69) is 10.3 Å². The van der Waals surface area contributed by atoms with Crippen LogP contribution in [0.25, 0.3) is 11.0 Å². The second kappa shape index (κ2) is 10.6. The van der Waals surface area contributed by atoms with Crippen LogP contribution < -0.4 is 10.2 Å². The molecule has 2 heterocycles. The second-order valence-electron chi connectivity index (χ2n) is 11.6. The lowest BCUT2D eigenvalue weighted by Crippen LogP contribution is -2.50. The fraction of sp³-hybridized carbons (Fsp3) is 0.414. The summed E-state index contributed by atoms with van der Waals surface area (Å²) >= 11 is 0. The van der Waals surface area contributed by atoms with Crippen LogP contribution in [0.3, 0.4) is 0 Å². The number of piperazine rings is 1. The standard InChI is InChI=1S/C29H34FN5O4/c1-28(2,3)26(37)32-19-8-9-21(30)20(16-19)25(36)18-7-10-22-23(15-18)33-24(17-31-22)34-11-13-35(14-12-34)27(38)39-29(4,5)6/h7-10,15-17H,11-14H2,1-6H3,(H,32,37). The number of nitrogens with zero attached hydrogens (tertiary/aromatic N) is 4. The summed E-state index contributed by atoms with van der Waals surface area (Å²) in [5, 5.41) is 2.73. The van der Waals surface area contributed by atoms with E-state index in [1.807, 2.05) is 25.7 Å². The van der Waals surface area contributed by atoms with E-state index in [1.54, 1.807) is 50.1 Å². The summed E-state index contributed by atoms with van der Waals surface area (Å²) in [4.78, 5) is 50.8. The molecule has 1 aromatic heterocycles. The molecule has 0 bridgehead atoms. The number of nitrogens with one attached hydrogen (secondary N) is 1. The van der Waals surface area contributed by atoms with Gasteiger partial charge in [0.05, 0.1) is 22.8 Å². The first-order chi connectivity index (χ1) is 18.2. The van der Waals surface area contributed by atoms with Crippen molar-refractivity contribution in [2.45, 2.75) is 47.1 Å². The molecule has 10 heteroatoms. The lowest BCUT2D eigenvalue weighted by atomic mass is 9.95. The zero-order chi connectivity index (χ0) is 28.5. The monoisotopic (exact) mass is 535 g/mol. The molecule has 1 saturated heterocycles. The number of ketones is 1. The third kappa shape index (κ3) is 6.68. The van der Waals surface area contributed by atoms with E-state index in [9.17, 15) is 18.8 Å². The molecule has 2 aromatic carbocycles. The minimum absolute atomic E-state index is 0.150. The van der Waals surface area contributed by atoms with Gasteiger partial charge in [0.15, 0.2) is 5.78 Å². The van der Waals surface area contributed by atoms with Gasteiger partial charge in [0.2, 0.25) is 5.91 Å². The molecule has 4 rings (SSSR count). The van der Waals surface area contributed by atoms with Crippen molar-refractivity contribution in [3.8, 4) is 0 Å². The predicted molar refractivity (Wildman–Crippen MR) is 147 cm³/mol. The molecule has 1 aliphatic rings. The van der Waals surface area contributed by atoms with E-state index < -0.39 is 22.6 Å². The number of fused-ring (bicyclic) bond motifs is 1. The summed E-state index contributed by atoms with van der Waals surface area (Å²) < 4.78 is 20.1. The van der Waals surface area contributed by atoms with E-state index in [-0.39, 0.29) is 23.1 Å². The molecule has 0 saturated carbocycles. The van der Waals surface area contributed by atoms with Gasteiger partial charge in [-0.05, 0) is 57.2 Å². The van der Waals surface area contributed by atoms with E-state index in [0.717, 1.165) is 0 Å². The van der Waals surface area contributed by atoms with Crippen LogP contribution in [-0.2, 0) is 9.53 Å². The lowest BCUT2D eigenvalue weighted by molar-refractivity contribution is -0.123. The number of amides is 2. The Morgan fingerprint density at radius 2 is 1.62 bits per heavy atom. The predicted octanol–water partition coefficient (Wildman–Crippen LogP) is 5.04. The third-order valence-corrected chi connectivity index (χ3v) is 6.20. The van der Waals surface area contributed by atoms with Crippen molar-refractivity contribution in [3.63, 3.8) is 0 Å². The fourth-order valence-corrected chi connectivity index (χ4v) is 3.99. The molecule has 0 atom stereocenters. The zero-order valence-corrected chi connectivity index (χ0v) is 23.2. The maximum atomic E-state index is 14.7. The molecule has 1 N–H and O–H groups in total. The maximum Gasteiger partial charge on any atom is 0.410 e. The quantitative estimate of drug-likeness (QED) is 0.467. The Morgan fingerprint density at radius 1 is 0.923 bits per heavy atom. The smallest absolute Gasteiger partial charge is 0.410 e. The van der Waals surface area contributed by atoms with Crippen LogP contribution in [0.15, 0.2) is 42.6 Å². The Bertz CT molecular complexity index is 1420. The fourth-order valence-electron chi connectivity index (χ4n) is 3.99. The lowest BCUT2D eigenvalue weighted by Gasteiger charge is -2.36. The number of carbonyl (C=O) groups is 3. The summed E-state index contributed by atoms with van der Waals surface area (Å²) in [6.07, 6.45) is 1.32. The molecule has 0 aliphatic carbocycles. The molecular weight excluding hydrogens is 501 g/mol. The van der Waals surface area contributed by atoms with E-state index in [4.69, 9.17) is 9.72 Å². The average molecular weight is 536 g/mol. The topological polar surface area (TPSA) is 105 Å². The number of ether oxygens (including phenoxy) is 1. The number of carbonyl (C=O) groups excluding carboxylic acids is 3. The molecule has 0 radical (unpaired) electrons. The van der Waals surface area contributed by atoms with Crippen LogP contribution in [0.5, 0.6) is 0 Å². The molecular formula is C29H34FN5O4.